The lowest BCUT2D eigenvalue weighted by atomic mass is 9.95. The Hall–Kier alpha value is -2.74. The van der Waals surface area contributed by atoms with Gasteiger partial charge in [0, 0.05) is 29.9 Å². The number of nitrogens with zero attached hydrogens (tertiary/aromatic N) is 1. The van der Waals surface area contributed by atoms with E-state index in [1.165, 1.54) is 37.8 Å². The number of ether oxygens (including phenoxy) is 2. The zero-order valence-corrected chi connectivity index (χ0v) is 18.8. The molecule has 3 aliphatic rings. The minimum atomic E-state index is -3.84. The molecular formula is C24H28N2O5S. The molecule has 1 saturated heterocycles. The van der Waals surface area contributed by atoms with Crippen LogP contribution in [-0.4, -0.2) is 45.0 Å². The number of carbonyl (C=O) groups excluding carboxylic acids is 1. The average Bonchev–Trinajstić information content (AvgIpc) is 3.50. The van der Waals surface area contributed by atoms with Gasteiger partial charge < -0.3 is 14.4 Å². The van der Waals surface area contributed by atoms with Crippen LogP contribution in [0.3, 0.4) is 0 Å². The third-order valence-electron chi connectivity index (χ3n) is 6.69. The van der Waals surface area contributed by atoms with Gasteiger partial charge in [0.15, 0.2) is 11.5 Å². The van der Waals surface area contributed by atoms with Crippen LogP contribution in [-0.2, 0) is 10.0 Å². The van der Waals surface area contributed by atoms with E-state index in [0.717, 1.165) is 19.4 Å². The van der Waals surface area contributed by atoms with Crippen molar-refractivity contribution in [2.45, 2.75) is 49.5 Å². The van der Waals surface area contributed by atoms with Crippen molar-refractivity contribution < 1.29 is 22.7 Å². The highest BCUT2D eigenvalue weighted by Gasteiger charge is 2.36. The Morgan fingerprint density at radius 2 is 1.72 bits per heavy atom. The smallest absolute Gasteiger partial charge is 0.262 e. The molecular weight excluding hydrogens is 428 g/mol. The summed E-state index contributed by atoms with van der Waals surface area (Å²) in [5, 5.41) is 0. The monoisotopic (exact) mass is 456 g/mol. The number of benzene rings is 2. The summed E-state index contributed by atoms with van der Waals surface area (Å²) in [5.41, 5.74) is 0.875. The first-order chi connectivity index (χ1) is 15.5. The molecule has 7 nitrogen and oxygen atoms in total. The maximum atomic E-state index is 13.3. The van der Waals surface area contributed by atoms with Crippen LogP contribution in [0.15, 0.2) is 47.4 Å². The molecule has 1 amide bonds. The average molecular weight is 457 g/mol. The maximum Gasteiger partial charge on any atom is 0.262 e. The molecule has 32 heavy (non-hydrogen) atoms. The SMILES string of the molecule is O=C(c1cccc(NS(=O)(=O)c2ccc3c(c2)OCCO3)c1)N1CCCC1C1CCCC1. The van der Waals surface area contributed by atoms with Crippen LogP contribution in [0.2, 0.25) is 0 Å². The number of carbonyl (C=O) groups is 1. The maximum absolute atomic E-state index is 13.3. The molecule has 2 fully saturated rings. The lowest BCUT2D eigenvalue weighted by Gasteiger charge is -2.29. The molecule has 0 spiro atoms. The fraction of sp³-hybridized carbons (Fsp3) is 0.458. The van der Waals surface area contributed by atoms with E-state index in [0.29, 0.717) is 47.9 Å². The molecule has 2 heterocycles. The molecule has 5 rings (SSSR count). The Bertz CT molecular complexity index is 1110. The minimum absolute atomic E-state index is 0.0141. The topological polar surface area (TPSA) is 84.9 Å². The Kier molecular flexibility index (Phi) is 5.71. The third kappa shape index (κ3) is 4.16. The van der Waals surface area contributed by atoms with Gasteiger partial charge in [0.1, 0.15) is 13.2 Å². The highest BCUT2D eigenvalue weighted by molar-refractivity contribution is 7.92. The first kappa shape index (κ1) is 21.1. The first-order valence-corrected chi connectivity index (χ1v) is 12.8. The Labute approximate surface area is 188 Å². The number of amides is 1. The van der Waals surface area contributed by atoms with E-state index in [2.05, 4.69) is 4.72 Å². The summed E-state index contributed by atoms with van der Waals surface area (Å²) in [6.45, 7) is 1.59. The Morgan fingerprint density at radius 3 is 2.53 bits per heavy atom. The van der Waals surface area contributed by atoms with E-state index in [9.17, 15) is 13.2 Å². The summed E-state index contributed by atoms with van der Waals surface area (Å²) in [5.74, 6) is 1.53. The summed E-state index contributed by atoms with van der Waals surface area (Å²) < 4.78 is 39.5. The second-order valence-electron chi connectivity index (χ2n) is 8.74. The van der Waals surface area contributed by atoms with Crippen molar-refractivity contribution in [3.05, 3.63) is 48.0 Å². The van der Waals surface area contributed by atoms with E-state index in [4.69, 9.17) is 9.47 Å². The highest BCUT2D eigenvalue weighted by Crippen LogP contribution is 2.36. The number of sulfonamides is 1. The molecule has 1 atom stereocenters. The van der Waals surface area contributed by atoms with Crippen LogP contribution in [0.5, 0.6) is 11.5 Å². The fourth-order valence-corrected chi connectivity index (χ4v) is 6.23. The van der Waals surface area contributed by atoms with Crippen LogP contribution >= 0.6 is 0 Å². The predicted octanol–water partition coefficient (Wildman–Crippen LogP) is 4.05. The number of nitrogens with one attached hydrogen (secondary N) is 1. The van der Waals surface area contributed by atoms with E-state index in [1.54, 1.807) is 30.3 Å². The van der Waals surface area contributed by atoms with E-state index in [1.807, 2.05) is 4.90 Å². The summed E-state index contributed by atoms with van der Waals surface area (Å²) in [6.07, 6.45) is 6.99. The van der Waals surface area contributed by atoms with Gasteiger partial charge in [-0.1, -0.05) is 18.9 Å². The van der Waals surface area contributed by atoms with Crippen molar-refractivity contribution in [2.75, 3.05) is 24.5 Å². The number of anilines is 1. The number of likely N-dealkylation sites (tertiary alicyclic amines) is 1. The molecule has 0 radical (unpaired) electrons. The lowest BCUT2D eigenvalue weighted by Crippen LogP contribution is -2.39. The van der Waals surface area contributed by atoms with Gasteiger partial charge in [0.05, 0.1) is 4.90 Å². The standard InChI is InChI=1S/C24H28N2O5S/c27-24(26-12-4-9-21(26)17-5-1-2-6-17)18-7-3-8-19(15-18)25-32(28,29)20-10-11-22-23(16-20)31-14-13-30-22/h3,7-8,10-11,15-17,21,25H,1-2,4-6,9,12-14H2. The summed E-state index contributed by atoms with van der Waals surface area (Å²) in [7, 11) is -3.84. The van der Waals surface area contributed by atoms with Gasteiger partial charge in [-0.2, -0.15) is 0 Å². The van der Waals surface area contributed by atoms with E-state index in [-0.39, 0.29) is 10.8 Å². The van der Waals surface area contributed by atoms with Crippen molar-refractivity contribution in [3.63, 3.8) is 0 Å². The Morgan fingerprint density at radius 1 is 0.938 bits per heavy atom. The summed E-state index contributed by atoms with van der Waals surface area (Å²) in [4.78, 5) is 15.4. The van der Waals surface area contributed by atoms with Crippen LogP contribution in [0.4, 0.5) is 5.69 Å². The molecule has 8 heteroatoms. The molecule has 170 valence electrons. The van der Waals surface area contributed by atoms with Crippen molar-refractivity contribution >= 4 is 21.6 Å². The van der Waals surface area contributed by atoms with Crippen molar-refractivity contribution in [2.24, 2.45) is 5.92 Å². The van der Waals surface area contributed by atoms with Gasteiger partial charge in [-0.05, 0) is 61.9 Å². The van der Waals surface area contributed by atoms with Crippen LogP contribution in [0.1, 0.15) is 48.9 Å². The van der Waals surface area contributed by atoms with E-state index >= 15 is 0 Å². The van der Waals surface area contributed by atoms with Gasteiger partial charge >= 0.3 is 0 Å². The number of hydrogen-bond acceptors (Lipinski definition) is 5. The number of rotatable bonds is 5. The molecule has 1 unspecified atom stereocenters. The van der Waals surface area contributed by atoms with Gasteiger partial charge in [-0.15, -0.1) is 0 Å². The van der Waals surface area contributed by atoms with Gasteiger partial charge in [-0.25, -0.2) is 8.42 Å². The molecule has 0 bridgehead atoms. The quantitative estimate of drug-likeness (QED) is 0.734. The van der Waals surface area contributed by atoms with Crippen molar-refractivity contribution in [1.29, 1.82) is 0 Å². The first-order valence-electron chi connectivity index (χ1n) is 11.3. The van der Waals surface area contributed by atoms with Gasteiger partial charge in [-0.3, -0.25) is 9.52 Å². The van der Waals surface area contributed by atoms with Crippen molar-refractivity contribution in [1.82, 2.24) is 4.90 Å². The highest BCUT2D eigenvalue weighted by atomic mass is 32.2. The van der Waals surface area contributed by atoms with Crippen LogP contribution < -0.4 is 14.2 Å². The zero-order valence-electron chi connectivity index (χ0n) is 18.0. The predicted molar refractivity (Wildman–Crippen MR) is 121 cm³/mol. The molecule has 1 aliphatic carbocycles. The minimum Gasteiger partial charge on any atom is -0.486 e. The summed E-state index contributed by atoms with van der Waals surface area (Å²) in [6, 6.07) is 11.6. The largest absolute Gasteiger partial charge is 0.486 e. The molecule has 2 aromatic carbocycles. The second kappa shape index (κ2) is 8.65. The number of fused-ring (bicyclic) bond motifs is 1. The molecule has 1 saturated carbocycles. The normalized spacial score (nSPS) is 21.0. The van der Waals surface area contributed by atoms with Crippen molar-refractivity contribution in [3.8, 4) is 11.5 Å². The van der Waals surface area contributed by atoms with Crippen LogP contribution in [0.25, 0.3) is 0 Å². The second-order valence-corrected chi connectivity index (χ2v) is 10.4. The zero-order chi connectivity index (χ0) is 22.1. The van der Waals surface area contributed by atoms with Gasteiger partial charge in [0.25, 0.3) is 15.9 Å². The third-order valence-corrected chi connectivity index (χ3v) is 8.07. The Balaban J connectivity index is 1.34. The summed E-state index contributed by atoms with van der Waals surface area (Å²) >= 11 is 0. The molecule has 2 aromatic rings. The number of hydrogen-bond donors (Lipinski definition) is 1. The molecule has 1 N–H and O–H groups in total. The fourth-order valence-electron chi connectivity index (χ4n) is 5.16. The molecule has 2 aliphatic heterocycles. The molecule has 0 aromatic heterocycles. The van der Waals surface area contributed by atoms with Gasteiger partial charge in [0.2, 0.25) is 0 Å². The lowest BCUT2D eigenvalue weighted by molar-refractivity contribution is 0.0689. The van der Waals surface area contributed by atoms with Crippen LogP contribution in [0, 0.1) is 5.92 Å². The van der Waals surface area contributed by atoms with E-state index < -0.39 is 10.0 Å².